The van der Waals surface area contributed by atoms with Crippen LogP contribution in [0.2, 0.25) is 5.02 Å². The highest BCUT2D eigenvalue weighted by Crippen LogP contribution is 2.19. The molecule has 7 heteroatoms. The Morgan fingerprint density at radius 1 is 1.18 bits per heavy atom. The van der Waals surface area contributed by atoms with Crippen molar-refractivity contribution < 1.29 is 12.6 Å². The van der Waals surface area contributed by atoms with Crippen molar-refractivity contribution >= 4 is 27.4 Å². The largest absolute Gasteiger partial charge is 0.301 e. The fourth-order valence-electron chi connectivity index (χ4n) is 2.14. The van der Waals surface area contributed by atoms with Gasteiger partial charge in [0.2, 0.25) is 0 Å². The van der Waals surface area contributed by atoms with Gasteiger partial charge in [0.15, 0.2) is 0 Å². The first kappa shape index (κ1) is 15.0. The van der Waals surface area contributed by atoms with E-state index in [1.807, 2.05) is 35.7 Å². The molecule has 2 aromatic heterocycles. The maximum atomic E-state index is 12.2. The van der Waals surface area contributed by atoms with Crippen molar-refractivity contribution in [3.63, 3.8) is 0 Å². The van der Waals surface area contributed by atoms with E-state index in [1.165, 1.54) is 24.3 Å². The molecule has 3 aromatic rings. The van der Waals surface area contributed by atoms with E-state index >= 15 is 0 Å². The maximum absolute atomic E-state index is 12.2. The molecule has 0 spiro atoms. The Hall–Kier alpha value is -1.89. The number of imidazole rings is 1. The Balaban J connectivity index is 1.87. The van der Waals surface area contributed by atoms with Crippen molar-refractivity contribution in [3.8, 4) is 0 Å². The molecule has 2 heterocycles. The molecule has 0 radical (unpaired) electrons. The van der Waals surface area contributed by atoms with Gasteiger partial charge in [-0.05, 0) is 43.3 Å². The molecule has 0 amide bonds. The fraction of sp³-hybridized carbons (Fsp3) is 0.133. The SMILES string of the molecule is Cc1nc2ccccn2c1COS(=O)(=O)c1ccc(Cl)cc1. The van der Waals surface area contributed by atoms with Gasteiger partial charge < -0.3 is 4.40 Å². The van der Waals surface area contributed by atoms with Gasteiger partial charge in [0, 0.05) is 11.2 Å². The normalized spacial score (nSPS) is 11.9. The number of rotatable bonds is 4. The monoisotopic (exact) mass is 336 g/mol. The maximum Gasteiger partial charge on any atom is 0.297 e. The second kappa shape index (κ2) is 5.72. The Kier molecular flexibility index (Phi) is 3.90. The zero-order valence-electron chi connectivity index (χ0n) is 11.7. The van der Waals surface area contributed by atoms with E-state index in [-0.39, 0.29) is 11.5 Å². The third-order valence-corrected chi connectivity index (χ3v) is 4.81. The van der Waals surface area contributed by atoms with Crippen LogP contribution in [0, 0.1) is 6.92 Å². The number of hydrogen-bond acceptors (Lipinski definition) is 4. The van der Waals surface area contributed by atoms with Gasteiger partial charge >= 0.3 is 0 Å². The van der Waals surface area contributed by atoms with Crippen LogP contribution in [0.5, 0.6) is 0 Å². The summed E-state index contributed by atoms with van der Waals surface area (Å²) in [6, 6.07) is 11.4. The molecule has 0 N–H and O–H groups in total. The topological polar surface area (TPSA) is 60.7 Å². The Morgan fingerprint density at radius 2 is 1.91 bits per heavy atom. The van der Waals surface area contributed by atoms with Crippen LogP contribution < -0.4 is 0 Å². The number of pyridine rings is 1. The van der Waals surface area contributed by atoms with Gasteiger partial charge in [-0.15, -0.1) is 0 Å². The molecule has 0 bridgehead atoms. The van der Waals surface area contributed by atoms with E-state index in [9.17, 15) is 8.42 Å². The summed E-state index contributed by atoms with van der Waals surface area (Å²) in [4.78, 5) is 4.44. The van der Waals surface area contributed by atoms with Gasteiger partial charge in [-0.1, -0.05) is 17.7 Å². The standard InChI is InChI=1S/C15H13ClN2O3S/c1-11-14(18-9-3-2-4-15(18)17-11)10-21-22(19,20)13-7-5-12(16)6-8-13/h2-9H,10H2,1H3. The second-order valence-electron chi connectivity index (χ2n) is 4.74. The van der Waals surface area contributed by atoms with Gasteiger partial charge in [-0.25, -0.2) is 4.98 Å². The summed E-state index contributed by atoms with van der Waals surface area (Å²) in [7, 11) is -3.84. The number of aromatic nitrogens is 2. The summed E-state index contributed by atoms with van der Waals surface area (Å²) in [5.41, 5.74) is 2.19. The van der Waals surface area contributed by atoms with Crippen LogP contribution in [0.3, 0.4) is 0 Å². The molecule has 22 heavy (non-hydrogen) atoms. The Labute approximate surface area is 133 Å². The lowest BCUT2D eigenvalue weighted by Crippen LogP contribution is -2.08. The van der Waals surface area contributed by atoms with Gasteiger partial charge in [0.1, 0.15) is 12.3 Å². The Morgan fingerprint density at radius 3 is 2.64 bits per heavy atom. The number of hydrogen-bond donors (Lipinski definition) is 0. The van der Waals surface area contributed by atoms with Crippen LogP contribution in [0.4, 0.5) is 0 Å². The molecule has 3 rings (SSSR count). The first-order valence-electron chi connectivity index (χ1n) is 6.55. The van der Waals surface area contributed by atoms with E-state index in [0.29, 0.717) is 10.7 Å². The molecule has 0 aliphatic heterocycles. The zero-order valence-corrected chi connectivity index (χ0v) is 13.3. The number of fused-ring (bicyclic) bond motifs is 1. The van der Waals surface area contributed by atoms with Crippen molar-refractivity contribution in [1.82, 2.24) is 9.38 Å². The molecule has 114 valence electrons. The van der Waals surface area contributed by atoms with Crippen LogP contribution >= 0.6 is 11.6 Å². The minimum atomic E-state index is -3.84. The van der Waals surface area contributed by atoms with E-state index in [0.717, 1.165) is 11.3 Å². The third kappa shape index (κ3) is 2.85. The first-order valence-corrected chi connectivity index (χ1v) is 8.33. The second-order valence-corrected chi connectivity index (χ2v) is 6.79. The molecule has 0 aliphatic carbocycles. The molecule has 0 unspecified atom stereocenters. The summed E-state index contributed by atoms with van der Waals surface area (Å²) in [6.45, 7) is 1.74. The smallest absolute Gasteiger partial charge is 0.297 e. The molecule has 0 aliphatic rings. The number of halogens is 1. The molecular formula is C15H13ClN2O3S. The van der Waals surface area contributed by atoms with Crippen LogP contribution in [-0.4, -0.2) is 17.8 Å². The van der Waals surface area contributed by atoms with Crippen LogP contribution in [-0.2, 0) is 20.9 Å². The lowest BCUT2D eigenvalue weighted by molar-refractivity contribution is 0.302. The first-order chi connectivity index (χ1) is 10.5. The third-order valence-electron chi connectivity index (χ3n) is 3.28. The highest BCUT2D eigenvalue weighted by molar-refractivity contribution is 7.86. The highest BCUT2D eigenvalue weighted by Gasteiger charge is 2.17. The highest BCUT2D eigenvalue weighted by atomic mass is 35.5. The van der Waals surface area contributed by atoms with Gasteiger partial charge in [-0.3, -0.25) is 4.18 Å². The molecule has 1 aromatic carbocycles. The number of aryl methyl sites for hydroxylation is 1. The average molecular weight is 337 g/mol. The van der Waals surface area contributed by atoms with E-state index in [2.05, 4.69) is 4.98 Å². The molecular weight excluding hydrogens is 324 g/mol. The minimum Gasteiger partial charge on any atom is -0.301 e. The predicted octanol–water partition coefficient (Wildman–Crippen LogP) is 3.20. The molecule has 0 atom stereocenters. The lowest BCUT2D eigenvalue weighted by atomic mass is 10.3. The zero-order chi connectivity index (χ0) is 15.7. The minimum absolute atomic E-state index is 0.0726. The van der Waals surface area contributed by atoms with Crippen LogP contribution in [0.1, 0.15) is 11.4 Å². The lowest BCUT2D eigenvalue weighted by Gasteiger charge is -2.06. The average Bonchev–Trinajstić information content (AvgIpc) is 2.81. The van der Waals surface area contributed by atoms with Gasteiger partial charge in [-0.2, -0.15) is 8.42 Å². The summed E-state index contributed by atoms with van der Waals surface area (Å²) >= 11 is 5.76. The van der Waals surface area contributed by atoms with Crippen molar-refractivity contribution in [1.29, 1.82) is 0 Å². The van der Waals surface area contributed by atoms with Gasteiger partial charge in [0.05, 0.1) is 16.3 Å². The summed E-state index contributed by atoms with van der Waals surface area (Å²) in [5, 5.41) is 0.469. The van der Waals surface area contributed by atoms with E-state index < -0.39 is 10.1 Å². The van der Waals surface area contributed by atoms with Gasteiger partial charge in [0.25, 0.3) is 10.1 Å². The number of nitrogens with zero attached hydrogens (tertiary/aromatic N) is 2. The molecule has 5 nitrogen and oxygen atoms in total. The summed E-state index contributed by atoms with van der Waals surface area (Å²) in [6.07, 6.45) is 1.82. The van der Waals surface area contributed by atoms with Crippen LogP contribution in [0.25, 0.3) is 5.65 Å². The van der Waals surface area contributed by atoms with E-state index in [1.54, 1.807) is 0 Å². The van der Waals surface area contributed by atoms with Crippen molar-refractivity contribution in [2.75, 3.05) is 0 Å². The predicted molar refractivity (Wildman–Crippen MR) is 83.4 cm³/mol. The molecule has 0 saturated carbocycles. The molecule has 0 saturated heterocycles. The summed E-state index contributed by atoms with van der Waals surface area (Å²) in [5.74, 6) is 0. The van der Waals surface area contributed by atoms with Crippen molar-refractivity contribution in [3.05, 3.63) is 65.1 Å². The van der Waals surface area contributed by atoms with Crippen molar-refractivity contribution in [2.45, 2.75) is 18.4 Å². The summed E-state index contributed by atoms with van der Waals surface area (Å²) < 4.78 is 31.4. The van der Waals surface area contributed by atoms with E-state index in [4.69, 9.17) is 15.8 Å². The van der Waals surface area contributed by atoms with Crippen LogP contribution in [0.15, 0.2) is 53.6 Å². The number of benzene rings is 1. The van der Waals surface area contributed by atoms with Crippen molar-refractivity contribution in [2.24, 2.45) is 0 Å². The molecule has 0 fully saturated rings. The quantitative estimate of drug-likeness (QED) is 0.686. The Bertz CT molecular complexity index is 918. The fourth-order valence-corrected chi connectivity index (χ4v) is 3.14.